The van der Waals surface area contributed by atoms with Gasteiger partial charge in [-0.25, -0.2) is 0 Å². The first kappa shape index (κ1) is 26.6. The second-order valence-electron chi connectivity index (χ2n) is 7.50. The maximum absolute atomic E-state index is 12.7. The summed E-state index contributed by atoms with van der Waals surface area (Å²) in [7, 11) is -7.81. The lowest BCUT2D eigenvalue weighted by Crippen LogP contribution is -2.05. The zero-order valence-electron chi connectivity index (χ0n) is 17.3. The Morgan fingerprint density at radius 2 is 1.17 bits per heavy atom. The van der Waals surface area contributed by atoms with Crippen LogP contribution in [0.2, 0.25) is 0 Å². The van der Waals surface area contributed by atoms with Gasteiger partial charge in [-0.15, -0.1) is 0 Å². The molecule has 0 N–H and O–H groups in total. The zero-order valence-corrected chi connectivity index (χ0v) is 19.0. The van der Waals surface area contributed by atoms with Crippen molar-refractivity contribution in [3.63, 3.8) is 0 Å². The van der Waals surface area contributed by atoms with Crippen molar-refractivity contribution in [3.05, 3.63) is 29.8 Å². The van der Waals surface area contributed by atoms with Crippen LogP contribution in [0.15, 0.2) is 29.2 Å². The number of thioether (sulfide) groups is 1. The molecule has 1 aromatic rings. The quantitative estimate of drug-likeness (QED) is 0.169. The van der Waals surface area contributed by atoms with Crippen molar-refractivity contribution in [2.45, 2.75) is 75.5 Å². The van der Waals surface area contributed by atoms with Gasteiger partial charge in [0.05, 0.1) is 0 Å². The molecule has 0 fully saturated rings. The van der Waals surface area contributed by atoms with Gasteiger partial charge in [0.25, 0.3) is 0 Å². The van der Waals surface area contributed by atoms with E-state index in [1.54, 1.807) is 7.11 Å². The van der Waals surface area contributed by atoms with E-state index in [-0.39, 0.29) is 0 Å². The smallest absolute Gasteiger partial charge is 0.310 e. The van der Waals surface area contributed by atoms with Gasteiger partial charge in [-0.3, -0.25) is 0 Å². The van der Waals surface area contributed by atoms with E-state index in [9.17, 15) is 19.4 Å². The van der Waals surface area contributed by atoms with Gasteiger partial charge >= 0.3 is 10.2 Å². The molecule has 1 aromatic carbocycles. The Balaban J connectivity index is 1.98. The molecule has 0 atom stereocenters. The standard InChI is InChI=1S/C21H35F5OS2/c1-27-17-11-19-28-18-10-8-6-4-2-3-5-7-9-12-20-13-15-21(16-14-20)29(22,23,24,25)26/h13-16H,2-12,17-19H2,1H3. The molecule has 0 unspecified atom stereocenters. The lowest BCUT2D eigenvalue weighted by molar-refractivity contribution is 0.200. The molecule has 1 nitrogen and oxygen atoms in total. The number of methoxy groups -OCH3 is 1. The van der Waals surface area contributed by atoms with E-state index < -0.39 is 15.1 Å². The second kappa shape index (κ2) is 11.8. The third kappa shape index (κ3) is 13.4. The third-order valence-corrected chi connectivity index (χ3v) is 7.08. The van der Waals surface area contributed by atoms with Gasteiger partial charge in [0.2, 0.25) is 0 Å². The molecule has 8 heteroatoms. The van der Waals surface area contributed by atoms with Crippen LogP contribution in [-0.4, -0.2) is 25.2 Å². The van der Waals surface area contributed by atoms with Crippen LogP contribution in [0.3, 0.4) is 0 Å². The van der Waals surface area contributed by atoms with Crippen LogP contribution in [0, 0.1) is 0 Å². The van der Waals surface area contributed by atoms with Gasteiger partial charge in [0, 0.05) is 13.7 Å². The van der Waals surface area contributed by atoms with Gasteiger partial charge in [-0.1, -0.05) is 76.5 Å². The number of benzene rings is 1. The number of rotatable bonds is 17. The van der Waals surface area contributed by atoms with Crippen molar-refractivity contribution in [3.8, 4) is 0 Å². The number of aryl methyl sites for hydroxylation is 1. The van der Waals surface area contributed by atoms with E-state index >= 15 is 0 Å². The molecule has 0 aliphatic heterocycles. The number of halogens is 5. The van der Waals surface area contributed by atoms with Crippen LogP contribution in [0.1, 0.15) is 69.8 Å². The minimum atomic E-state index is -9.54. The number of hydrogen-bond acceptors (Lipinski definition) is 2. The van der Waals surface area contributed by atoms with E-state index in [2.05, 4.69) is 0 Å². The molecule has 0 aliphatic rings. The van der Waals surface area contributed by atoms with Crippen LogP contribution in [0.25, 0.3) is 0 Å². The molecule has 1 rings (SSSR count). The van der Waals surface area contributed by atoms with Crippen molar-refractivity contribution >= 4 is 22.0 Å². The summed E-state index contributed by atoms with van der Waals surface area (Å²) >= 11 is 2.00. The van der Waals surface area contributed by atoms with E-state index in [1.165, 1.54) is 62.2 Å². The fourth-order valence-electron chi connectivity index (χ4n) is 3.09. The predicted molar refractivity (Wildman–Crippen MR) is 117 cm³/mol. The van der Waals surface area contributed by atoms with E-state index in [1.807, 2.05) is 11.8 Å². The molecule has 0 heterocycles. The van der Waals surface area contributed by atoms with Crippen LogP contribution >= 0.6 is 22.0 Å². The maximum atomic E-state index is 12.7. The first-order valence-electron chi connectivity index (χ1n) is 10.4. The highest BCUT2D eigenvalue weighted by Gasteiger charge is 2.65. The summed E-state index contributed by atoms with van der Waals surface area (Å²) in [6.45, 7) is 0.844. The summed E-state index contributed by atoms with van der Waals surface area (Å²) in [5.74, 6) is 2.40. The molecular formula is C21H35F5OS2. The minimum absolute atomic E-state index is 0.509. The summed E-state index contributed by atoms with van der Waals surface area (Å²) in [4.78, 5) is -1.81. The maximum Gasteiger partial charge on any atom is 0.310 e. The first-order valence-corrected chi connectivity index (χ1v) is 13.5. The Bertz CT molecular complexity index is 560. The first-order chi connectivity index (χ1) is 13.5. The highest BCUT2D eigenvalue weighted by Crippen LogP contribution is 3.02. The van der Waals surface area contributed by atoms with Gasteiger partial charge in [-0.05, 0) is 54.9 Å². The lowest BCUT2D eigenvalue weighted by atomic mass is 10.0. The third-order valence-electron chi connectivity index (χ3n) is 4.76. The minimum Gasteiger partial charge on any atom is -0.385 e. The Morgan fingerprint density at radius 3 is 1.69 bits per heavy atom. The summed E-state index contributed by atoms with van der Waals surface area (Å²) in [5.41, 5.74) is 0.677. The Labute approximate surface area is 176 Å². The SMILES string of the molecule is COCCCSCCCCCCCCCCCc1ccc(S(F)(F)(F)(F)F)cc1. The summed E-state index contributed by atoms with van der Waals surface area (Å²) in [5, 5.41) is 0. The highest BCUT2D eigenvalue weighted by atomic mass is 32.5. The van der Waals surface area contributed by atoms with Crippen molar-refractivity contribution < 1.29 is 24.2 Å². The van der Waals surface area contributed by atoms with E-state index in [4.69, 9.17) is 4.74 Å². The van der Waals surface area contributed by atoms with Crippen molar-refractivity contribution in [2.75, 3.05) is 25.2 Å². The summed E-state index contributed by atoms with van der Waals surface area (Å²) < 4.78 is 68.4. The van der Waals surface area contributed by atoms with Crippen molar-refractivity contribution in [2.24, 2.45) is 0 Å². The average molecular weight is 463 g/mol. The van der Waals surface area contributed by atoms with Gasteiger partial charge in [0.15, 0.2) is 0 Å². The molecule has 0 spiro atoms. The fourth-order valence-corrected chi connectivity index (χ4v) is 4.68. The fraction of sp³-hybridized carbons (Fsp3) is 0.714. The summed E-state index contributed by atoms with van der Waals surface area (Å²) in [6.07, 6.45) is 12.2. The molecule has 0 amide bonds. The number of hydrogen-bond donors (Lipinski definition) is 0. The molecule has 0 aliphatic carbocycles. The van der Waals surface area contributed by atoms with Crippen LogP contribution in [0.5, 0.6) is 0 Å². The van der Waals surface area contributed by atoms with Crippen LogP contribution < -0.4 is 0 Å². The summed E-state index contributed by atoms with van der Waals surface area (Å²) in [6, 6.07) is 3.36. The van der Waals surface area contributed by atoms with Crippen molar-refractivity contribution in [1.29, 1.82) is 0 Å². The zero-order chi connectivity index (χ0) is 21.7. The Kier molecular flexibility index (Phi) is 10.8. The molecule has 29 heavy (non-hydrogen) atoms. The molecule has 0 saturated carbocycles. The van der Waals surface area contributed by atoms with Crippen molar-refractivity contribution in [1.82, 2.24) is 0 Å². The van der Waals surface area contributed by atoms with Crippen LogP contribution in [-0.2, 0) is 11.2 Å². The topological polar surface area (TPSA) is 9.23 Å². The molecule has 0 radical (unpaired) electrons. The lowest BCUT2D eigenvalue weighted by Gasteiger charge is -2.40. The van der Waals surface area contributed by atoms with E-state index in [0.717, 1.165) is 32.3 Å². The molecule has 0 bridgehead atoms. The normalized spacial score (nSPS) is 14.6. The highest BCUT2D eigenvalue weighted by molar-refractivity contribution is 8.45. The number of unbranched alkanes of at least 4 members (excludes halogenated alkanes) is 8. The van der Waals surface area contributed by atoms with Gasteiger partial charge < -0.3 is 4.74 Å². The second-order valence-corrected chi connectivity index (χ2v) is 11.1. The number of ether oxygens (including phenoxy) is 1. The van der Waals surface area contributed by atoms with Gasteiger partial charge in [-0.2, -0.15) is 11.8 Å². The van der Waals surface area contributed by atoms with Crippen LogP contribution in [0.4, 0.5) is 19.4 Å². The average Bonchev–Trinajstić information content (AvgIpc) is 2.63. The largest absolute Gasteiger partial charge is 0.385 e. The molecule has 0 aromatic heterocycles. The Morgan fingerprint density at radius 1 is 0.690 bits per heavy atom. The van der Waals surface area contributed by atoms with Gasteiger partial charge in [0.1, 0.15) is 4.90 Å². The molecular weight excluding hydrogens is 427 g/mol. The molecule has 172 valence electrons. The molecule has 0 saturated heterocycles. The predicted octanol–water partition coefficient (Wildman–Crippen LogP) is 9.17. The monoisotopic (exact) mass is 462 g/mol. The van der Waals surface area contributed by atoms with E-state index in [0.29, 0.717) is 24.1 Å². The Hall–Kier alpha value is -0.470.